The highest BCUT2D eigenvalue weighted by Crippen LogP contribution is 2.33. The molecule has 0 spiro atoms. The Morgan fingerprint density at radius 1 is 1.07 bits per heavy atom. The molecule has 0 bridgehead atoms. The number of halogens is 2. The summed E-state index contributed by atoms with van der Waals surface area (Å²) in [7, 11) is 0. The van der Waals surface area contributed by atoms with Gasteiger partial charge in [0.25, 0.3) is 5.91 Å². The number of amides is 1. The minimum atomic E-state index is -0.654. The number of rotatable bonds is 6. The summed E-state index contributed by atoms with van der Waals surface area (Å²) in [5.74, 6) is -0.761. The van der Waals surface area contributed by atoms with Gasteiger partial charge in [-0.15, -0.1) is 0 Å². The summed E-state index contributed by atoms with van der Waals surface area (Å²) in [4.78, 5) is 31.0. The van der Waals surface area contributed by atoms with Gasteiger partial charge in [-0.05, 0) is 48.9 Å². The molecule has 29 heavy (non-hydrogen) atoms. The molecule has 9 nitrogen and oxygen atoms in total. The second kappa shape index (κ2) is 8.72. The van der Waals surface area contributed by atoms with Crippen molar-refractivity contribution in [1.29, 1.82) is 0 Å². The lowest BCUT2D eigenvalue weighted by Gasteiger charge is -2.12. The fraction of sp³-hybridized carbons (Fsp3) is 0.0556. The number of carbonyl (C=O) groups excluding carboxylic acids is 1. The van der Waals surface area contributed by atoms with Crippen molar-refractivity contribution in [3.05, 3.63) is 80.1 Å². The Balaban J connectivity index is 1.85. The zero-order chi connectivity index (χ0) is 21.0. The lowest BCUT2D eigenvalue weighted by molar-refractivity contribution is -0.383. The second-order valence-corrected chi connectivity index (χ2v) is 6.64. The van der Waals surface area contributed by atoms with Gasteiger partial charge in [-0.1, -0.05) is 29.3 Å². The van der Waals surface area contributed by atoms with Crippen molar-refractivity contribution in [3.63, 3.8) is 0 Å². The molecule has 3 N–H and O–H groups in total. The fourth-order valence-corrected chi connectivity index (χ4v) is 2.70. The topological polar surface area (TPSA) is 122 Å². The Labute approximate surface area is 175 Å². The molecule has 1 heterocycles. The third-order valence-corrected chi connectivity index (χ3v) is 4.59. The van der Waals surface area contributed by atoms with Gasteiger partial charge in [0, 0.05) is 21.3 Å². The van der Waals surface area contributed by atoms with Gasteiger partial charge in [0.05, 0.1) is 4.92 Å². The highest BCUT2D eigenvalue weighted by atomic mass is 35.5. The van der Waals surface area contributed by atoms with E-state index in [4.69, 9.17) is 23.2 Å². The number of aromatic nitrogens is 2. The van der Waals surface area contributed by atoms with Gasteiger partial charge in [0.1, 0.15) is 6.33 Å². The molecule has 1 aromatic heterocycles. The predicted molar refractivity (Wildman–Crippen MR) is 111 cm³/mol. The Kier molecular flexibility index (Phi) is 6.10. The van der Waals surface area contributed by atoms with E-state index in [-0.39, 0.29) is 11.6 Å². The normalized spacial score (nSPS) is 10.3. The Morgan fingerprint density at radius 3 is 2.45 bits per heavy atom. The summed E-state index contributed by atoms with van der Waals surface area (Å²) in [5, 5.41) is 15.5. The lowest BCUT2D eigenvalue weighted by Crippen LogP contribution is -2.30. The van der Waals surface area contributed by atoms with Crippen LogP contribution in [0.4, 0.5) is 23.0 Å². The zero-order valence-corrected chi connectivity index (χ0v) is 16.5. The quantitative estimate of drug-likeness (QED) is 0.386. The summed E-state index contributed by atoms with van der Waals surface area (Å²) in [6.45, 7) is 1.77. The van der Waals surface area contributed by atoms with Crippen LogP contribution in [0.15, 0.2) is 48.8 Å². The van der Waals surface area contributed by atoms with Crippen LogP contribution in [0.25, 0.3) is 0 Å². The highest BCUT2D eigenvalue weighted by Gasteiger charge is 2.24. The zero-order valence-electron chi connectivity index (χ0n) is 14.9. The summed E-state index contributed by atoms with van der Waals surface area (Å²) in [5.41, 5.74) is 5.96. The van der Waals surface area contributed by atoms with Crippen molar-refractivity contribution in [2.75, 3.05) is 10.7 Å². The van der Waals surface area contributed by atoms with Crippen LogP contribution in [-0.2, 0) is 0 Å². The van der Waals surface area contributed by atoms with Crippen LogP contribution in [0.5, 0.6) is 0 Å². The number of hydrogen-bond acceptors (Lipinski definition) is 7. The van der Waals surface area contributed by atoms with E-state index >= 15 is 0 Å². The first kappa shape index (κ1) is 20.3. The Morgan fingerprint density at radius 2 is 1.76 bits per heavy atom. The van der Waals surface area contributed by atoms with Gasteiger partial charge < -0.3 is 5.32 Å². The van der Waals surface area contributed by atoms with E-state index in [0.29, 0.717) is 26.9 Å². The van der Waals surface area contributed by atoms with Crippen molar-refractivity contribution in [3.8, 4) is 0 Å². The number of nitrogens with zero attached hydrogens (tertiary/aromatic N) is 3. The molecule has 148 valence electrons. The van der Waals surface area contributed by atoms with E-state index in [0.717, 1.165) is 6.33 Å². The van der Waals surface area contributed by atoms with E-state index in [1.54, 1.807) is 37.3 Å². The van der Waals surface area contributed by atoms with E-state index < -0.39 is 16.5 Å². The maximum Gasteiger partial charge on any atom is 0.355 e. The van der Waals surface area contributed by atoms with Crippen LogP contribution in [-0.4, -0.2) is 20.8 Å². The maximum absolute atomic E-state index is 12.2. The average molecular weight is 433 g/mol. The van der Waals surface area contributed by atoms with Gasteiger partial charge in [0.2, 0.25) is 11.6 Å². The SMILES string of the molecule is Cc1c(Cl)cccc1Nc1ncnc(NNC(=O)c2ccc(Cl)cc2)c1[N+](=O)[O-]. The number of hydrogen-bond donors (Lipinski definition) is 3. The fourth-order valence-electron chi connectivity index (χ4n) is 2.39. The van der Waals surface area contributed by atoms with Crippen molar-refractivity contribution in [2.24, 2.45) is 0 Å². The second-order valence-electron chi connectivity index (χ2n) is 5.80. The molecule has 0 saturated heterocycles. The van der Waals surface area contributed by atoms with Gasteiger partial charge in [-0.25, -0.2) is 9.97 Å². The summed E-state index contributed by atoms with van der Waals surface area (Å²) in [6.07, 6.45) is 1.13. The number of anilines is 3. The smallest absolute Gasteiger partial charge is 0.334 e. The average Bonchev–Trinajstić information content (AvgIpc) is 2.70. The van der Waals surface area contributed by atoms with Crippen LogP contribution in [0.3, 0.4) is 0 Å². The molecule has 3 aromatic rings. The van der Waals surface area contributed by atoms with Gasteiger partial charge in [-0.2, -0.15) is 0 Å². The molecule has 0 aliphatic heterocycles. The van der Waals surface area contributed by atoms with E-state index in [9.17, 15) is 14.9 Å². The van der Waals surface area contributed by atoms with Gasteiger partial charge in [0.15, 0.2) is 0 Å². The monoisotopic (exact) mass is 432 g/mol. The van der Waals surface area contributed by atoms with E-state index in [1.807, 2.05) is 0 Å². The third kappa shape index (κ3) is 4.71. The molecule has 0 saturated carbocycles. The number of nitro groups is 1. The van der Waals surface area contributed by atoms with E-state index in [2.05, 4.69) is 26.1 Å². The first-order chi connectivity index (χ1) is 13.9. The Bertz CT molecular complexity index is 1080. The van der Waals surface area contributed by atoms with Gasteiger partial charge in [-0.3, -0.25) is 25.8 Å². The molecule has 0 fully saturated rings. The highest BCUT2D eigenvalue weighted by molar-refractivity contribution is 6.31. The number of benzene rings is 2. The molecule has 2 aromatic carbocycles. The van der Waals surface area contributed by atoms with Crippen molar-refractivity contribution in [2.45, 2.75) is 6.92 Å². The molecule has 1 amide bonds. The molecular weight excluding hydrogens is 419 g/mol. The van der Waals surface area contributed by atoms with Crippen LogP contribution in [0.1, 0.15) is 15.9 Å². The lowest BCUT2D eigenvalue weighted by atomic mass is 10.2. The van der Waals surface area contributed by atoms with Crippen molar-refractivity contribution < 1.29 is 9.72 Å². The third-order valence-electron chi connectivity index (χ3n) is 3.93. The summed E-state index contributed by atoms with van der Waals surface area (Å²) < 4.78 is 0. The van der Waals surface area contributed by atoms with Crippen LogP contribution < -0.4 is 16.2 Å². The summed E-state index contributed by atoms with van der Waals surface area (Å²) >= 11 is 11.9. The largest absolute Gasteiger partial charge is 0.355 e. The first-order valence-electron chi connectivity index (χ1n) is 8.20. The minimum absolute atomic E-state index is 0.0568. The molecule has 3 rings (SSSR count). The summed E-state index contributed by atoms with van der Waals surface area (Å²) in [6, 6.07) is 11.3. The Hall–Kier alpha value is -3.43. The predicted octanol–water partition coefficient (Wildman–Crippen LogP) is 4.50. The molecule has 0 aliphatic rings. The molecule has 0 aliphatic carbocycles. The van der Waals surface area contributed by atoms with Crippen LogP contribution >= 0.6 is 23.2 Å². The molecule has 11 heteroatoms. The standard InChI is InChI=1S/C18H14Cl2N6O3/c1-10-13(20)3-2-4-14(10)23-16-15(26(28)29)17(22-9-21-16)24-25-18(27)11-5-7-12(19)8-6-11/h2-9H,1H3,(H,25,27)(H2,21,22,23,24). The van der Waals surface area contributed by atoms with E-state index in [1.165, 1.54) is 12.1 Å². The van der Waals surface area contributed by atoms with Crippen LogP contribution in [0.2, 0.25) is 10.0 Å². The molecule has 0 radical (unpaired) electrons. The number of hydrazine groups is 1. The van der Waals surface area contributed by atoms with Crippen molar-refractivity contribution in [1.82, 2.24) is 15.4 Å². The maximum atomic E-state index is 12.2. The molecule has 0 unspecified atom stereocenters. The molecular formula is C18H14Cl2N6O3. The van der Waals surface area contributed by atoms with Crippen LogP contribution in [0, 0.1) is 17.0 Å². The minimum Gasteiger partial charge on any atom is -0.334 e. The molecule has 0 atom stereocenters. The first-order valence-corrected chi connectivity index (χ1v) is 8.96. The van der Waals surface area contributed by atoms with Gasteiger partial charge >= 0.3 is 5.69 Å². The number of nitrogens with one attached hydrogen (secondary N) is 3. The van der Waals surface area contributed by atoms with Crippen molar-refractivity contribution >= 4 is 52.1 Å². The number of carbonyl (C=O) groups is 1.